The van der Waals surface area contributed by atoms with Crippen molar-refractivity contribution in [2.75, 3.05) is 23.0 Å². The van der Waals surface area contributed by atoms with E-state index in [2.05, 4.69) is 0 Å². The number of anilines is 1. The molecule has 102 valence electrons. The second-order valence-electron chi connectivity index (χ2n) is 5.29. The molecule has 4 nitrogen and oxygen atoms in total. The Morgan fingerprint density at radius 2 is 1.84 bits per heavy atom. The summed E-state index contributed by atoms with van der Waals surface area (Å²) in [7, 11) is -2.90. The Morgan fingerprint density at radius 3 is 2.58 bits per heavy atom. The van der Waals surface area contributed by atoms with Crippen LogP contribution in [0.15, 0.2) is 24.3 Å². The molecule has 1 saturated heterocycles. The van der Waals surface area contributed by atoms with Crippen LogP contribution in [0, 0.1) is 5.92 Å². The van der Waals surface area contributed by atoms with Crippen molar-refractivity contribution in [1.82, 2.24) is 0 Å². The van der Waals surface area contributed by atoms with Gasteiger partial charge in [-0.1, -0.05) is 18.2 Å². The SMILES string of the molecule is O=C(C1CCS(=O)(=O)CC1)N1CCc2ccccc21. The summed E-state index contributed by atoms with van der Waals surface area (Å²) < 4.78 is 22.8. The fraction of sp³-hybridized carbons (Fsp3) is 0.500. The lowest BCUT2D eigenvalue weighted by Crippen LogP contribution is -2.38. The van der Waals surface area contributed by atoms with E-state index < -0.39 is 9.84 Å². The number of hydrogen-bond acceptors (Lipinski definition) is 3. The molecule has 1 amide bonds. The van der Waals surface area contributed by atoms with Crippen LogP contribution in [0.25, 0.3) is 0 Å². The van der Waals surface area contributed by atoms with Crippen molar-refractivity contribution in [3.8, 4) is 0 Å². The molecule has 2 aliphatic rings. The number of fused-ring (bicyclic) bond motifs is 1. The van der Waals surface area contributed by atoms with E-state index in [1.165, 1.54) is 5.56 Å². The first-order valence-electron chi connectivity index (χ1n) is 6.66. The maximum atomic E-state index is 12.5. The van der Waals surface area contributed by atoms with E-state index in [1.54, 1.807) is 0 Å². The highest BCUT2D eigenvalue weighted by Crippen LogP contribution is 2.31. The standard InChI is InChI=1S/C14H17NO3S/c16-14(12-6-9-19(17,18)10-7-12)15-8-5-11-3-1-2-4-13(11)15/h1-4,12H,5-10H2. The summed E-state index contributed by atoms with van der Waals surface area (Å²) in [6.07, 6.45) is 1.84. The summed E-state index contributed by atoms with van der Waals surface area (Å²) in [6, 6.07) is 7.95. The smallest absolute Gasteiger partial charge is 0.230 e. The lowest BCUT2D eigenvalue weighted by Gasteiger charge is -2.26. The van der Waals surface area contributed by atoms with Gasteiger partial charge in [0.2, 0.25) is 5.91 Å². The first-order chi connectivity index (χ1) is 9.07. The molecule has 0 atom stereocenters. The maximum Gasteiger partial charge on any atom is 0.230 e. The van der Waals surface area contributed by atoms with E-state index >= 15 is 0 Å². The van der Waals surface area contributed by atoms with Crippen molar-refractivity contribution in [3.63, 3.8) is 0 Å². The third-order valence-electron chi connectivity index (χ3n) is 4.06. The van der Waals surface area contributed by atoms with Gasteiger partial charge in [0.05, 0.1) is 11.5 Å². The zero-order chi connectivity index (χ0) is 13.5. The molecule has 1 aromatic carbocycles. The minimum absolute atomic E-state index is 0.0971. The number of nitrogens with zero attached hydrogens (tertiary/aromatic N) is 1. The molecule has 0 unspecified atom stereocenters. The van der Waals surface area contributed by atoms with Gasteiger partial charge >= 0.3 is 0 Å². The average Bonchev–Trinajstić information content (AvgIpc) is 2.82. The number of para-hydroxylation sites is 1. The minimum atomic E-state index is -2.90. The van der Waals surface area contributed by atoms with Crippen LogP contribution < -0.4 is 4.90 Å². The quantitative estimate of drug-likeness (QED) is 0.781. The molecule has 0 aliphatic carbocycles. The molecule has 19 heavy (non-hydrogen) atoms. The summed E-state index contributed by atoms with van der Waals surface area (Å²) in [5.74, 6) is 0.271. The molecule has 5 heteroatoms. The van der Waals surface area contributed by atoms with Crippen LogP contribution >= 0.6 is 0 Å². The molecule has 0 spiro atoms. The van der Waals surface area contributed by atoms with Crippen LogP contribution in [0.4, 0.5) is 5.69 Å². The molecule has 0 aromatic heterocycles. The van der Waals surface area contributed by atoms with Gasteiger partial charge in [-0.15, -0.1) is 0 Å². The Hall–Kier alpha value is -1.36. The number of benzene rings is 1. The number of rotatable bonds is 1. The third kappa shape index (κ3) is 2.39. The van der Waals surface area contributed by atoms with Crippen molar-refractivity contribution >= 4 is 21.4 Å². The normalized spacial score (nSPS) is 22.2. The van der Waals surface area contributed by atoms with E-state index in [1.807, 2.05) is 29.2 Å². The summed E-state index contributed by atoms with van der Waals surface area (Å²) >= 11 is 0. The van der Waals surface area contributed by atoms with Gasteiger partial charge < -0.3 is 4.90 Å². The van der Waals surface area contributed by atoms with Gasteiger partial charge in [0.15, 0.2) is 0 Å². The Kier molecular flexibility index (Phi) is 3.09. The molecule has 0 bridgehead atoms. The van der Waals surface area contributed by atoms with Gasteiger partial charge in [-0.2, -0.15) is 0 Å². The molecule has 0 saturated carbocycles. The summed E-state index contributed by atoms with van der Waals surface area (Å²) in [5.41, 5.74) is 2.21. The Labute approximate surface area is 113 Å². The highest BCUT2D eigenvalue weighted by molar-refractivity contribution is 7.91. The predicted molar refractivity (Wildman–Crippen MR) is 73.9 cm³/mol. The average molecular weight is 279 g/mol. The van der Waals surface area contributed by atoms with Crippen molar-refractivity contribution in [2.24, 2.45) is 5.92 Å². The molecule has 0 N–H and O–H groups in total. The lowest BCUT2D eigenvalue weighted by atomic mass is 10.0. The largest absolute Gasteiger partial charge is 0.312 e. The van der Waals surface area contributed by atoms with Crippen LogP contribution in [0.1, 0.15) is 18.4 Å². The molecule has 3 rings (SSSR count). The number of amides is 1. The summed E-state index contributed by atoms with van der Waals surface area (Å²) in [5, 5.41) is 0. The molecule has 1 fully saturated rings. The lowest BCUT2D eigenvalue weighted by molar-refractivity contribution is -0.122. The summed E-state index contributed by atoms with van der Waals surface area (Å²) in [4.78, 5) is 14.3. The third-order valence-corrected chi connectivity index (χ3v) is 5.77. The molecule has 1 aromatic rings. The van der Waals surface area contributed by atoms with Gasteiger partial charge in [-0.25, -0.2) is 8.42 Å². The van der Waals surface area contributed by atoms with Gasteiger partial charge in [-0.3, -0.25) is 4.79 Å². The van der Waals surface area contributed by atoms with E-state index in [0.29, 0.717) is 12.8 Å². The number of sulfone groups is 1. The zero-order valence-corrected chi connectivity index (χ0v) is 11.5. The first kappa shape index (κ1) is 12.7. The number of carbonyl (C=O) groups excluding carboxylic acids is 1. The molecule has 0 radical (unpaired) electrons. The number of hydrogen-bond donors (Lipinski definition) is 0. The second kappa shape index (κ2) is 4.63. The van der Waals surface area contributed by atoms with Crippen LogP contribution in [0.2, 0.25) is 0 Å². The van der Waals surface area contributed by atoms with E-state index in [9.17, 15) is 13.2 Å². The van der Waals surface area contributed by atoms with E-state index in [-0.39, 0.29) is 23.3 Å². The summed E-state index contributed by atoms with van der Waals surface area (Å²) in [6.45, 7) is 0.724. The van der Waals surface area contributed by atoms with Gasteiger partial charge in [0.25, 0.3) is 0 Å². The highest BCUT2D eigenvalue weighted by atomic mass is 32.2. The van der Waals surface area contributed by atoms with Crippen molar-refractivity contribution in [1.29, 1.82) is 0 Å². The van der Waals surface area contributed by atoms with Crippen molar-refractivity contribution in [2.45, 2.75) is 19.3 Å². The maximum absolute atomic E-state index is 12.5. The van der Waals surface area contributed by atoms with Crippen molar-refractivity contribution in [3.05, 3.63) is 29.8 Å². The van der Waals surface area contributed by atoms with E-state index in [4.69, 9.17) is 0 Å². The minimum Gasteiger partial charge on any atom is -0.312 e. The van der Waals surface area contributed by atoms with Crippen LogP contribution in [-0.2, 0) is 21.1 Å². The second-order valence-corrected chi connectivity index (χ2v) is 7.60. The Bertz CT molecular complexity index is 595. The Morgan fingerprint density at radius 1 is 1.16 bits per heavy atom. The monoisotopic (exact) mass is 279 g/mol. The first-order valence-corrected chi connectivity index (χ1v) is 8.49. The van der Waals surface area contributed by atoms with Gasteiger partial charge in [0.1, 0.15) is 9.84 Å². The van der Waals surface area contributed by atoms with Gasteiger partial charge in [-0.05, 0) is 30.9 Å². The number of carbonyl (C=O) groups is 1. The van der Waals surface area contributed by atoms with Crippen LogP contribution in [0.5, 0.6) is 0 Å². The molecule has 2 aliphatic heterocycles. The zero-order valence-electron chi connectivity index (χ0n) is 10.7. The Balaban J connectivity index is 1.76. The molecular formula is C14H17NO3S. The van der Waals surface area contributed by atoms with Crippen molar-refractivity contribution < 1.29 is 13.2 Å². The highest BCUT2D eigenvalue weighted by Gasteiger charge is 2.33. The van der Waals surface area contributed by atoms with E-state index in [0.717, 1.165) is 18.7 Å². The fourth-order valence-corrected chi connectivity index (χ4v) is 4.42. The molecule has 2 heterocycles. The van der Waals surface area contributed by atoms with Crippen LogP contribution in [-0.4, -0.2) is 32.4 Å². The fourth-order valence-electron chi connectivity index (χ4n) is 2.92. The van der Waals surface area contributed by atoms with Gasteiger partial charge in [0, 0.05) is 18.2 Å². The van der Waals surface area contributed by atoms with Crippen LogP contribution in [0.3, 0.4) is 0 Å². The topological polar surface area (TPSA) is 54.5 Å². The predicted octanol–water partition coefficient (Wildman–Crippen LogP) is 1.40. The molecular weight excluding hydrogens is 262 g/mol.